The Hall–Kier alpha value is -0.570. The lowest BCUT2D eigenvalue weighted by atomic mass is 9.70. The van der Waals surface area contributed by atoms with Gasteiger partial charge in [-0.25, -0.2) is 4.39 Å². The normalized spacial score (nSPS) is 25.6. The van der Waals surface area contributed by atoms with Crippen molar-refractivity contribution in [2.24, 2.45) is 0 Å². The molecule has 0 aromatic heterocycles. The molecule has 0 radical (unpaired) electrons. The second kappa shape index (κ2) is 9.35. The lowest BCUT2D eigenvalue weighted by Crippen LogP contribution is -2.84. The van der Waals surface area contributed by atoms with E-state index in [1.165, 1.54) is 0 Å². The van der Waals surface area contributed by atoms with Crippen LogP contribution < -0.4 is 5.32 Å². The van der Waals surface area contributed by atoms with Crippen LogP contribution in [-0.4, -0.2) is 51.7 Å². The van der Waals surface area contributed by atoms with Crippen LogP contribution in [0.2, 0.25) is 0 Å². The number of hydrogen-bond donors (Lipinski definition) is 1. The Labute approximate surface area is 184 Å². The number of amides is 1. The maximum Gasteiger partial charge on any atom is 0.384 e. The minimum atomic E-state index is -7.21. The molecule has 31 heavy (non-hydrogen) atoms. The summed E-state index contributed by atoms with van der Waals surface area (Å²) in [7, 11) is 0. The molecular weight excluding hydrogens is 570 g/mol. The molecule has 0 aromatic carbocycles. The maximum absolute atomic E-state index is 14.6. The second-order valence-corrected chi connectivity index (χ2v) is 9.20. The van der Waals surface area contributed by atoms with Crippen LogP contribution in [0.15, 0.2) is 0 Å². The minimum Gasteiger partial charge on any atom is -0.355 e. The van der Waals surface area contributed by atoms with Gasteiger partial charge in [0.15, 0.2) is 0 Å². The first-order valence-corrected chi connectivity index (χ1v) is 10.6. The van der Waals surface area contributed by atoms with Crippen molar-refractivity contribution in [1.82, 2.24) is 5.32 Å². The number of unbranched alkanes of at least 4 members (excludes halogenated alkanes) is 4. The Morgan fingerprint density at radius 3 is 1.61 bits per heavy atom. The third-order valence-electron chi connectivity index (χ3n) is 5.10. The van der Waals surface area contributed by atoms with E-state index < -0.39 is 58.1 Å². The number of rotatable bonds is 10. The van der Waals surface area contributed by atoms with E-state index >= 15 is 0 Å². The van der Waals surface area contributed by atoms with Gasteiger partial charge in [0, 0.05) is 23.3 Å². The topological polar surface area (TPSA) is 29.1 Å². The average Bonchev–Trinajstić information content (AvgIpc) is 2.64. The van der Waals surface area contributed by atoms with Gasteiger partial charge < -0.3 is 5.32 Å². The number of halogens is 12. The van der Waals surface area contributed by atoms with E-state index in [2.05, 4.69) is 5.32 Å². The fraction of sp³-hybridized carbons (Fsp3) is 0.941. The first-order chi connectivity index (χ1) is 13.8. The summed E-state index contributed by atoms with van der Waals surface area (Å²) in [6.07, 6.45) is 1.40. The van der Waals surface area contributed by atoms with Crippen molar-refractivity contribution in [1.29, 1.82) is 0 Å². The summed E-state index contributed by atoms with van der Waals surface area (Å²) in [5, 5.41) is 2.07. The summed E-state index contributed by atoms with van der Waals surface area (Å²) in [5.41, 5.74) is -6.01. The van der Waals surface area contributed by atoms with Crippen molar-refractivity contribution in [2.75, 3.05) is 6.54 Å². The van der Waals surface area contributed by atoms with E-state index in [9.17, 15) is 53.1 Å². The average molecular weight is 591 g/mol. The van der Waals surface area contributed by atoms with E-state index in [-0.39, 0.29) is 6.42 Å². The van der Waals surface area contributed by atoms with Crippen LogP contribution in [0, 0.1) is 0 Å². The highest BCUT2D eigenvalue weighted by molar-refractivity contribution is 14.1. The van der Waals surface area contributed by atoms with Gasteiger partial charge in [0.2, 0.25) is 5.91 Å². The lowest BCUT2D eigenvalue weighted by molar-refractivity contribution is -0.485. The molecule has 1 rings (SSSR count). The van der Waals surface area contributed by atoms with E-state index in [4.69, 9.17) is 0 Å². The first kappa shape index (κ1) is 28.5. The predicted octanol–water partition coefficient (Wildman–Crippen LogP) is 6.56. The van der Waals surface area contributed by atoms with Crippen LogP contribution in [0.3, 0.4) is 0 Å². The Morgan fingerprint density at radius 2 is 1.16 bits per heavy atom. The summed E-state index contributed by atoms with van der Waals surface area (Å²) in [6.45, 7) is 1.15. The van der Waals surface area contributed by atoms with Crippen molar-refractivity contribution < 1.29 is 53.1 Å². The predicted molar refractivity (Wildman–Crippen MR) is 97.4 cm³/mol. The number of nitrogens with one attached hydrogen (secondary N) is 1. The number of hydrogen-bond acceptors (Lipinski definition) is 1. The molecule has 0 aliphatic heterocycles. The van der Waals surface area contributed by atoms with E-state index in [0.29, 0.717) is 12.8 Å². The minimum absolute atomic E-state index is 0.0530. The van der Waals surface area contributed by atoms with E-state index in [1.54, 1.807) is 0 Å². The quantitative estimate of drug-likeness (QED) is 0.133. The second-order valence-electron chi connectivity index (χ2n) is 7.44. The van der Waals surface area contributed by atoms with Crippen LogP contribution in [0.1, 0.15) is 51.9 Å². The zero-order valence-corrected chi connectivity index (χ0v) is 18.3. The van der Waals surface area contributed by atoms with Crippen LogP contribution >= 0.6 is 22.6 Å². The SMILES string of the molecule is CCCCCCCC(=O)NCC(I)CC1(F)C(F)(F)C(F)(F)C(F)(F)C(F)(F)C1(F)F. The summed E-state index contributed by atoms with van der Waals surface area (Å²) >= 11 is 1.01. The fourth-order valence-electron chi connectivity index (χ4n) is 3.12. The molecule has 2 nitrogen and oxygen atoms in total. The summed E-state index contributed by atoms with van der Waals surface area (Å²) in [5.74, 6) is -35.8. The van der Waals surface area contributed by atoms with Crippen molar-refractivity contribution in [3.8, 4) is 0 Å². The third kappa shape index (κ3) is 4.46. The summed E-state index contributed by atoms with van der Waals surface area (Å²) < 4.78 is 149. The zero-order chi connectivity index (χ0) is 24.5. The molecule has 1 N–H and O–H groups in total. The van der Waals surface area contributed by atoms with Gasteiger partial charge in [-0.1, -0.05) is 55.2 Å². The molecule has 0 heterocycles. The molecule has 1 aliphatic rings. The van der Waals surface area contributed by atoms with Crippen molar-refractivity contribution >= 4 is 28.5 Å². The van der Waals surface area contributed by atoms with Gasteiger partial charge >= 0.3 is 29.6 Å². The van der Waals surface area contributed by atoms with Crippen LogP contribution in [0.25, 0.3) is 0 Å². The van der Waals surface area contributed by atoms with Gasteiger partial charge in [0.1, 0.15) is 0 Å². The molecule has 1 aliphatic carbocycles. The van der Waals surface area contributed by atoms with Crippen LogP contribution in [0.4, 0.5) is 48.3 Å². The Balaban J connectivity index is 2.95. The molecule has 184 valence electrons. The highest BCUT2D eigenvalue weighted by Crippen LogP contribution is 2.70. The molecule has 0 aromatic rings. The molecule has 0 spiro atoms. The molecule has 1 saturated carbocycles. The molecule has 1 amide bonds. The largest absolute Gasteiger partial charge is 0.384 e. The van der Waals surface area contributed by atoms with Crippen molar-refractivity contribution in [3.05, 3.63) is 0 Å². The van der Waals surface area contributed by atoms with Crippen molar-refractivity contribution in [3.63, 3.8) is 0 Å². The molecular formula is C17H21F11INO. The zero-order valence-electron chi connectivity index (χ0n) is 16.2. The molecule has 1 unspecified atom stereocenters. The standard InChI is InChI=1S/C17H21F11INO/c1-2-3-4-5-6-7-11(31)30-9-10(29)8-12(18)13(19,20)15(23,24)17(27,28)16(25,26)14(12,21)22/h10H,2-9H2,1H3,(H,30,31). The summed E-state index contributed by atoms with van der Waals surface area (Å²) in [4.78, 5) is 11.7. The Morgan fingerprint density at radius 1 is 0.742 bits per heavy atom. The highest BCUT2D eigenvalue weighted by Gasteiger charge is 3.00. The van der Waals surface area contributed by atoms with Crippen LogP contribution in [-0.2, 0) is 4.79 Å². The molecule has 0 bridgehead atoms. The molecule has 0 saturated heterocycles. The van der Waals surface area contributed by atoms with E-state index in [0.717, 1.165) is 41.9 Å². The van der Waals surface area contributed by atoms with Gasteiger partial charge in [-0.3, -0.25) is 4.79 Å². The number of carbonyl (C=O) groups excluding carboxylic acids is 1. The van der Waals surface area contributed by atoms with Gasteiger partial charge in [0.25, 0.3) is 5.67 Å². The Bertz CT molecular complexity index is 612. The van der Waals surface area contributed by atoms with Gasteiger partial charge in [0.05, 0.1) is 0 Å². The van der Waals surface area contributed by atoms with Gasteiger partial charge in [-0.15, -0.1) is 0 Å². The maximum atomic E-state index is 14.6. The van der Waals surface area contributed by atoms with Crippen molar-refractivity contribution in [2.45, 2.75) is 91.1 Å². The number of carbonyl (C=O) groups is 1. The van der Waals surface area contributed by atoms with Gasteiger partial charge in [-0.2, -0.15) is 43.9 Å². The summed E-state index contributed by atoms with van der Waals surface area (Å²) in [6, 6.07) is 0. The van der Waals surface area contributed by atoms with E-state index in [1.807, 2.05) is 6.92 Å². The smallest absolute Gasteiger partial charge is 0.355 e. The first-order valence-electron chi connectivity index (χ1n) is 9.34. The number of alkyl halides is 12. The highest BCUT2D eigenvalue weighted by atomic mass is 127. The molecule has 1 atom stereocenters. The molecule has 14 heteroatoms. The third-order valence-corrected chi connectivity index (χ3v) is 5.98. The van der Waals surface area contributed by atoms with Crippen LogP contribution in [0.5, 0.6) is 0 Å². The molecule has 1 fully saturated rings. The monoisotopic (exact) mass is 591 g/mol. The fourth-order valence-corrected chi connectivity index (χ4v) is 3.95. The van der Waals surface area contributed by atoms with Gasteiger partial charge in [-0.05, 0) is 6.42 Å². The Kier molecular flexibility index (Phi) is 8.59. The lowest BCUT2D eigenvalue weighted by Gasteiger charge is -2.53.